The van der Waals surface area contributed by atoms with Crippen molar-refractivity contribution in [2.24, 2.45) is 0 Å². The summed E-state index contributed by atoms with van der Waals surface area (Å²) in [5, 5.41) is 9.52. The van der Waals surface area contributed by atoms with Gasteiger partial charge in [0.2, 0.25) is 0 Å². The Morgan fingerprint density at radius 2 is 1.86 bits per heavy atom. The Morgan fingerprint density at radius 1 is 1.33 bits per heavy atom. The van der Waals surface area contributed by atoms with Crippen LogP contribution in [-0.4, -0.2) is 33.9 Å². The summed E-state index contributed by atoms with van der Waals surface area (Å²) in [5.74, 6) is 0.721. The maximum absolute atomic E-state index is 12.1. The van der Waals surface area contributed by atoms with E-state index in [4.69, 9.17) is 0 Å². The zero-order chi connectivity index (χ0) is 16.3. The zero-order valence-corrected chi connectivity index (χ0v) is 11.5. The standard InChI is InChI=1S/C12H13F4NO3S/c1-21(20,17-11(19)12(14,15)16)9-4-2-8(3-5-9)10(18)6-7-13/h2-5,10,18H,1,6-7H2,(H,17,19,20). The highest BCUT2D eigenvalue weighted by molar-refractivity contribution is 7.99. The lowest BCUT2D eigenvalue weighted by molar-refractivity contribution is -0.171. The molecular formula is C12H13F4NO3S. The molecule has 1 aromatic rings. The molecule has 2 N–H and O–H groups in total. The smallest absolute Gasteiger partial charge is 0.388 e. The van der Waals surface area contributed by atoms with Crippen LogP contribution in [0.4, 0.5) is 17.6 Å². The van der Waals surface area contributed by atoms with E-state index in [9.17, 15) is 31.7 Å². The van der Waals surface area contributed by atoms with Gasteiger partial charge in [-0.25, -0.2) is 4.21 Å². The molecular weight excluding hydrogens is 314 g/mol. The summed E-state index contributed by atoms with van der Waals surface area (Å²) in [6.07, 6.45) is -6.38. The van der Waals surface area contributed by atoms with Gasteiger partial charge in [0.1, 0.15) is 0 Å². The van der Waals surface area contributed by atoms with Crippen molar-refractivity contribution in [3.05, 3.63) is 29.8 Å². The maximum atomic E-state index is 12.1. The highest BCUT2D eigenvalue weighted by Crippen LogP contribution is 2.20. The molecule has 4 nitrogen and oxygen atoms in total. The van der Waals surface area contributed by atoms with Crippen molar-refractivity contribution in [2.45, 2.75) is 23.6 Å². The maximum Gasteiger partial charge on any atom is 0.472 e. The van der Waals surface area contributed by atoms with Crippen LogP contribution in [0.15, 0.2) is 29.2 Å². The number of aliphatic hydroxyl groups excluding tert-OH is 1. The molecule has 2 unspecified atom stereocenters. The minimum atomic E-state index is -5.17. The quantitative estimate of drug-likeness (QED) is 0.640. The molecule has 0 saturated heterocycles. The van der Waals surface area contributed by atoms with Crippen molar-refractivity contribution >= 4 is 21.5 Å². The molecule has 2 atom stereocenters. The van der Waals surface area contributed by atoms with Crippen molar-refractivity contribution in [2.75, 3.05) is 6.67 Å². The average Bonchev–Trinajstić information content (AvgIpc) is 2.37. The number of rotatable bonds is 5. The molecule has 0 saturated carbocycles. The molecule has 0 bridgehead atoms. The summed E-state index contributed by atoms with van der Waals surface area (Å²) in [6.45, 7) is -0.739. The van der Waals surface area contributed by atoms with E-state index in [2.05, 4.69) is 5.87 Å². The Kier molecular flexibility index (Phi) is 5.35. The number of halogens is 4. The highest BCUT2D eigenvalue weighted by Gasteiger charge is 2.40. The Labute approximate surface area is 118 Å². The lowest BCUT2D eigenvalue weighted by Crippen LogP contribution is -2.40. The first-order valence-corrected chi connectivity index (χ1v) is 7.41. The molecule has 9 heteroatoms. The van der Waals surface area contributed by atoms with Crippen molar-refractivity contribution in [3.63, 3.8) is 0 Å². The second-order valence-electron chi connectivity index (χ2n) is 4.17. The van der Waals surface area contributed by atoms with E-state index < -0.39 is 34.6 Å². The van der Waals surface area contributed by atoms with Gasteiger partial charge in [-0.3, -0.25) is 13.9 Å². The van der Waals surface area contributed by atoms with Gasteiger partial charge < -0.3 is 5.11 Å². The fraction of sp³-hybridized carbons (Fsp3) is 0.333. The van der Waals surface area contributed by atoms with Crippen molar-refractivity contribution in [1.29, 1.82) is 0 Å². The summed E-state index contributed by atoms with van der Waals surface area (Å²) in [5.41, 5.74) is 0.314. The average molecular weight is 327 g/mol. The van der Waals surface area contributed by atoms with Crippen LogP contribution in [0.25, 0.3) is 0 Å². The molecule has 0 spiro atoms. The predicted octanol–water partition coefficient (Wildman–Crippen LogP) is 1.75. The Bertz CT molecular complexity index is 596. The van der Waals surface area contributed by atoms with Gasteiger partial charge in [0.25, 0.3) is 0 Å². The van der Waals surface area contributed by atoms with Gasteiger partial charge in [-0.1, -0.05) is 12.1 Å². The van der Waals surface area contributed by atoms with Gasteiger partial charge in [0.15, 0.2) is 0 Å². The van der Waals surface area contributed by atoms with E-state index in [1.165, 1.54) is 16.9 Å². The zero-order valence-electron chi connectivity index (χ0n) is 10.7. The molecule has 0 heterocycles. The van der Waals surface area contributed by atoms with Gasteiger partial charge in [0, 0.05) is 11.3 Å². The van der Waals surface area contributed by atoms with E-state index >= 15 is 0 Å². The van der Waals surface area contributed by atoms with Crippen LogP contribution in [0, 0.1) is 0 Å². The van der Waals surface area contributed by atoms with Crippen LogP contribution < -0.4 is 4.72 Å². The summed E-state index contributed by atoms with van der Waals surface area (Å²) in [7, 11) is -3.67. The molecule has 1 aromatic carbocycles. The first-order chi connectivity index (χ1) is 9.58. The molecule has 1 amide bonds. The molecule has 0 aliphatic rings. The SMILES string of the molecule is C=S(=O)(NC(=O)C(F)(F)F)c1ccc(C(O)CCF)cc1. The third kappa shape index (κ3) is 4.71. The largest absolute Gasteiger partial charge is 0.472 e. The van der Waals surface area contributed by atoms with Crippen LogP contribution >= 0.6 is 0 Å². The number of amides is 1. The number of alkyl halides is 4. The number of hydrogen-bond acceptors (Lipinski definition) is 3. The lowest BCUT2D eigenvalue weighted by atomic mass is 10.1. The van der Waals surface area contributed by atoms with Gasteiger partial charge >= 0.3 is 12.1 Å². The predicted molar refractivity (Wildman–Crippen MR) is 69.7 cm³/mol. The van der Waals surface area contributed by atoms with Gasteiger partial charge in [-0.2, -0.15) is 13.2 Å². The topological polar surface area (TPSA) is 66.4 Å². The molecule has 118 valence electrons. The monoisotopic (exact) mass is 327 g/mol. The van der Waals surface area contributed by atoms with Crippen LogP contribution in [0.2, 0.25) is 0 Å². The van der Waals surface area contributed by atoms with Crippen molar-refractivity contribution < 1.29 is 31.7 Å². The number of hydrogen-bond donors (Lipinski definition) is 2. The van der Waals surface area contributed by atoms with E-state index in [0.29, 0.717) is 5.56 Å². The molecule has 0 radical (unpaired) electrons. The molecule has 0 aliphatic heterocycles. The number of benzene rings is 1. The molecule has 1 rings (SSSR count). The molecule has 21 heavy (non-hydrogen) atoms. The minimum Gasteiger partial charge on any atom is -0.388 e. The van der Waals surface area contributed by atoms with Crippen LogP contribution in [0.1, 0.15) is 18.1 Å². The van der Waals surface area contributed by atoms with E-state index in [1.807, 2.05) is 0 Å². The number of carbonyl (C=O) groups excluding carboxylic acids is 1. The summed E-state index contributed by atoms with van der Waals surface area (Å²) in [4.78, 5) is 10.6. The first-order valence-electron chi connectivity index (χ1n) is 5.68. The summed E-state index contributed by atoms with van der Waals surface area (Å²) in [6, 6.07) is 4.87. The number of aliphatic hydroxyl groups is 1. The van der Waals surface area contributed by atoms with E-state index in [0.717, 1.165) is 12.1 Å². The minimum absolute atomic E-state index is 0.135. The van der Waals surface area contributed by atoms with Crippen LogP contribution in [0.3, 0.4) is 0 Å². The van der Waals surface area contributed by atoms with E-state index in [-0.39, 0.29) is 11.3 Å². The summed E-state index contributed by atoms with van der Waals surface area (Å²) < 4.78 is 61.7. The fourth-order valence-electron chi connectivity index (χ4n) is 1.45. The van der Waals surface area contributed by atoms with E-state index in [1.54, 1.807) is 0 Å². The van der Waals surface area contributed by atoms with Crippen molar-refractivity contribution in [1.82, 2.24) is 4.72 Å². The molecule has 0 aromatic heterocycles. The first kappa shape index (κ1) is 17.4. The van der Waals surface area contributed by atoms with Crippen molar-refractivity contribution in [3.8, 4) is 0 Å². The van der Waals surface area contributed by atoms with Gasteiger partial charge in [-0.05, 0) is 23.6 Å². The van der Waals surface area contributed by atoms with Gasteiger partial charge in [-0.15, -0.1) is 0 Å². The third-order valence-corrected chi connectivity index (χ3v) is 4.09. The lowest BCUT2D eigenvalue weighted by Gasteiger charge is -2.14. The molecule has 0 fully saturated rings. The fourth-order valence-corrected chi connectivity index (χ4v) is 2.56. The Balaban J connectivity index is 2.93. The third-order valence-electron chi connectivity index (χ3n) is 2.54. The van der Waals surface area contributed by atoms with Gasteiger partial charge in [0.05, 0.1) is 22.5 Å². The number of carbonyl (C=O) groups is 1. The van der Waals surface area contributed by atoms with Crippen LogP contribution in [-0.2, 0) is 14.5 Å². The van der Waals surface area contributed by atoms with Crippen LogP contribution in [0.5, 0.6) is 0 Å². The number of nitrogens with one attached hydrogen (secondary N) is 1. The second-order valence-corrected chi connectivity index (χ2v) is 6.19. The molecule has 0 aliphatic carbocycles. The normalized spacial score (nSPS) is 16.0. The summed E-state index contributed by atoms with van der Waals surface area (Å²) >= 11 is 0. The Hall–Kier alpha value is -1.61. The second kappa shape index (κ2) is 6.44. The highest BCUT2D eigenvalue weighted by atomic mass is 32.2. The Morgan fingerprint density at radius 3 is 2.29 bits per heavy atom.